The predicted octanol–water partition coefficient (Wildman–Crippen LogP) is 4.73. The zero-order valence-electron chi connectivity index (χ0n) is 12.3. The van der Waals surface area contributed by atoms with Gasteiger partial charge < -0.3 is 4.90 Å². The number of fused-ring (bicyclic) bond motifs is 1. The summed E-state index contributed by atoms with van der Waals surface area (Å²) in [6.45, 7) is 1.94. The van der Waals surface area contributed by atoms with Gasteiger partial charge in [-0.15, -0.1) is 11.8 Å². The molecule has 0 saturated heterocycles. The van der Waals surface area contributed by atoms with Crippen molar-refractivity contribution in [2.75, 3.05) is 4.90 Å². The van der Waals surface area contributed by atoms with Crippen molar-refractivity contribution >= 4 is 23.4 Å². The number of alkyl halides is 3. The van der Waals surface area contributed by atoms with Crippen LogP contribution in [-0.4, -0.2) is 11.2 Å². The Morgan fingerprint density at radius 2 is 1.87 bits per heavy atom. The van der Waals surface area contributed by atoms with Crippen LogP contribution in [0.15, 0.2) is 53.4 Å². The molecule has 2 nitrogen and oxygen atoms in total. The molecule has 0 aromatic heterocycles. The molecule has 1 aliphatic rings. The van der Waals surface area contributed by atoms with Crippen LogP contribution in [0.2, 0.25) is 0 Å². The zero-order chi connectivity index (χ0) is 16.6. The average molecular weight is 337 g/mol. The molecule has 3 rings (SSSR count). The topological polar surface area (TPSA) is 20.3 Å². The van der Waals surface area contributed by atoms with Gasteiger partial charge in [-0.1, -0.05) is 24.3 Å². The summed E-state index contributed by atoms with van der Waals surface area (Å²) in [7, 11) is 0. The van der Waals surface area contributed by atoms with Crippen LogP contribution in [0, 0.1) is 0 Å². The van der Waals surface area contributed by atoms with Crippen LogP contribution in [-0.2, 0) is 17.5 Å². The number of thioether (sulfide) groups is 1. The molecule has 120 valence electrons. The molecule has 1 aliphatic heterocycles. The first-order valence-corrected chi connectivity index (χ1v) is 7.97. The van der Waals surface area contributed by atoms with Crippen LogP contribution in [0.5, 0.6) is 0 Å². The fourth-order valence-corrected chi connectivity index (χ4v) is 3.62. The van der Waals surface area contributed by atoms with Crippen molar-refractivity contribution in [2.45, 2.75) is 29.8 Å². The first-order chi connectivity index (χ1) is 10.9. The fraction of sp³-hybridized carbons (Fsp3) is 0.235. The van der Waals surface area contributed by atoms with Crippen LogP contribution in [0.3, 0.4) is 0 Å². The highest BCUT2D eigenvalue weighted by Crippen LogP contribution is 2.39. The third-order valence-electron chi connectivity index (χ3n) is 3.67. The van der Waals surface area contributed by atoms with Crippen molar-refractivity contribution in [3.05, 3.63) is 59.7 Å². The van der Waals surface area contributed by atoms with Gasteiger partial charge >= 0.3 is 6.18 Å². The largest absolute Gasteiger partial charge is 0.416 e. The summed E-state index contributed by atoms with van der Waals surface area (Å²) >= 11 is 1.47. The molecule has 23 heavy (non-hydrogen) atoms. The number of benzene rings is 2. The van der Waals surface area contributed by atoms with E-state index in [-0.39, 0.29) is 17.7 Å². The summed E-state index contributed by atoms with van der Waals surface area (Å²) in [4.78, 5) is 15.0. The van der Waals surface area contributed by atoms with E-state index in [9.17, 15) is 18.0 Å². The van der Waals surface area contributed by atoms with Gasteiger partial charge in [-0.25, -0.2) is 0 Å². The zero-order valence-corrected chi connectivity index (χ0v) is 13.1. The highest BCUT2D eigenvalue weighted by atomic mass is 32.2. The lowest BCUT2D eigenvalue weighted by Gasteiger charge is -2.32. The maximum absolute atomic E-state index is 12.8. The summed E-state index contributed by atoms with van der Waals surface area (Å²) in [5, 5.41) is -0.254. The Hall–Kier alpha value is -1.95. The molecule has 0 N–H and O–H groups in total. The SMILES string of the molecule is CC1Sc2ccccc2N(Cc2cccc(C(F)(F)F)c2)C1=O. The Labute approximate surface area is 136 Å². The van der Waals surface area contributed by atoms with Gasteiger partial charge in [0.2, 0.25) is 5.91 Å². The smallest absolute Gasteiger partial charge is 0.306 e. The normalized spacial score (nSPS) is 18.0. The lowest BCUT2D eigenvalue weighted by atomic mass is 10.1. The molecule has 2 aromatic rings. The summed E-state index contributed by atoms with van der Waals surface area (Å²) in [6, 6.07) is 12.6. The first-order valence-electron chi connectivity index (χ1n) is 7.09. The van der Waals surface area contributed by atoms with Crippen LogP contribution in [0.25, 0.3) is 0 Å². The second-order valence-corrected chi connectivity index (χ2v) is 6.73. The molecule has 0 spiro atoms. The summed E-state index contributed by atoms with van der Waals surface area (Å²) in [5.74, 6) is -0.0916. The van der Waals surface area contributed by atoms with Gasteiger partial charge in [-0.3, -0.25) is 4.79 Å². The molecule has 1 unspecified atom stereocenters. The van der Waals surface area contributed by atoms with Crippen LogP contribution in [0.1, 0.15) is 18.1 Å². The number of hydrogen-bond acceptors (Lipinski definition) is 2. The number of rotatable bonds is 2. The second kappa shape index (κ2) is 5.92. The van der Waals surface area contributed by atoms with E-state index in [0.29, 0.717) is 5.56 Å². The van der Waals surface area contributed by atoms with Gasteiger partial charge in [-0.05, 0) is 36.8 Å². The van der Waals surface area contributed by atoms with Crippen molar-refractivity contribution < 1.29 is 18.0 Å². The third kappa shape index (κ3) is 3.22. The van der Waals surface area contributed by atoms with Crippen molar-refractivity contribution in [2.24, 2.45) is 0 Å². The Balaban J connectivity index is 1.95. The maximum Gasteiger partial charge on any atom is 0.416 e. The number of carbonyl (C=O) groups is 1. The highest BCUT2D eigenvalue weighted by molar-refractivity contribution is 8.00. The molecule has 1 atom stereocenters. The molecule has 0 bridgehead atoms. The monoisotopic (exact) mass is 337 g/mol. The van der Waals surface area contributed by atoms with E-state index in [1.54, 1.807) is 11.0 Å². The Kier molecular flexibility index (Phi) is 4.10. The number of amides is 1. The molecule has 1 heterocycles. The van der Waals surface area contributed by atoms with E-state index in [1.165, 1.54) is 17.8 Å². The van der Waals surface area contributed by atoms with E-state index < -0.39 is 11.7 Å². The Morgan fingerprint density at radius 1 is 1.13 bits per heavy atom. The molecular formula is C17H14F3NOS. The number of anilines is 1. The number of carbonyl (C=O) groups excluding carboxylic acids is 1. The standard InChI is InChI=1S/C17H14F3NOS/c1-11-16(22)21(14-7-2-3-8-15(14)23-11)10-12-5-4-6-13(9-12)17(18,19)20/h2-9,11H,10H2,1H3. The molecule has 1 amide bonds. The molecule has 2 aromatic carbocycles. The average Bonchev–Trinajstić information content (AvgIpc) is 2.51. The lowest BCUT2D eigenvalue weighted by molar-refractivity contribution is -0.137. The van der Waals surface area contributed by atoms with Gasteiger partial charge in [0.1, 0.15) is 0 Å². The molecule has 0 radical (unpaired) electrons. The summed E-state index contributed by atoms with van der Waals surface area (Å²) < 4.78 is 38.5. The molecule has 0 fully saturated rings. The number of para-hydroxylation sites is 1. The third-order valence-corrected chi connectivity index (χ3v) is 4.82. The lowest BCUT2D eigenvalue weighted by Crippen LogP contribution is -2.39. The quantitative estimate of drug-likeness (QED) is 0.789. The minimum Gasteiger partial charge on any atom is -0.306 e. The van der Waals surface area contributed by atoms with E-state index >= 15 is 0 Å². The van der Waals surface area contributed by atoms with Crippen LogP contribution >= 0.6 is 11.8 Å². The number of nitrogens with zero attached hydrogens (tertiary/aromatic N) is 1. The van der Waals surface area contributed by atoms with Gasteiger partial charge in [0.05, 0.1) is 23.0 Å². The molecule has 0 saturated carbocycles. The molecule has 0 aliphatic carbocycles. The van der Waals surface area contributed by atoms with E-state index in [0.717, 1.165) is 22.7 Å². The van der Waals surface area contributed by atoms with Gasteiger partial charge in [0, 0.05) is 4.90 Å². The minimum absolute atomic E-state index is 0.0916. The molecular weight excluding hydrogens is 323 g/mol. The van der Waals surface area contributed by atoms with Gasteiger partial charge in [-0.2, -0.15) is 13.2 Å². The molecule has 6 heteroatoms. The van der Waals surface area contributed by atoms with Crippen molar-refractivity contribution in [1.82, 2.24) is 0 Å². The van der Waals surface area contributed by atoms with Gasteiger partial charge in [0.25, 0.3) is 0 Å². The van der Waals surface area contributed by atoms with E-state index in [2.05, 4.69) is 0 Å². The van der Waals surface area contributed by atoms with Crippen LogP contribution < -0.4 is 4.90 Å². The van der Waals surface area contributed by atoms with Crippen molar-refractivity contribution in [3.63, 3.8) is 0 Å². The van der Waals surface area contributed by atoms with E-state index in [4.69, 9.17) is 0 Å². The van der Waals surface area contributed by atoms with E-state index in [1.807, 2.05) is 31.2 Å². The Bertz CT molecular complexity index is 745. The fourth-order valence-electron chi connectivity index (χ4n) is 2.55. The maximum atomic E-state index is 12.8. The van der Waals surface area contributed by atoms with Crippen LogP contribution in [0.4, 0.5) is 18.9 Å². The van der Waals surface area contributed by atoms with Crippen molar-refractivity contribution in [1.29, 1.82) is 0 Å². The predicted molar refractivity (Wildman–Crippen MR) is 84.4 cm³/mol. The summed E-state index contributed by atoms with van der Waals surface area (Å²) in [6.07, 6.45) is -4.39. The number of hydrogen-bond donors (Lipinski definition) is 0. The second-order valence-electron chi connectivity index (χ2n) is 5.35. The summed E-state index contributed by atoms with van der Waals surface area (Å²) in [5.41, 5.74) is 0.509. The first kappa shape index (κ1) is 15.9. The van der Waals surface area contributed by atoms with Crippen molar-refractivity contribution in [3.8, 4) is 0 Å². The highest BCUT2D eigenvalue weighted by Gasteiger charge is 2.32. The van der Waals surface area contributed by atoms with Gasteiger partial charge in [0.15, 0.2) is 0 Å². The Morgan fingerprint density at radius 3 is 2.61 bits per heavy atom. The minimum atomic E-state index is -4.39. The number of halogens is 3.